The summed E-state index contributed by atoms with van der Waals surface area (Å²) in [7, 11) is 1.61. The van der Waals surface area contributed by atoms with Gasteiger partial charge in [-0.15, -0.1) is 0 Å². The summed E-state index contributed by atoms with van der Waals surface area (Å²) in [5, 5.41) is 6.88. The molecular formula is C35H43N5O3. The standard InChI is InChI=1S/C35H43N5O3/c1-6-7-20-40-32-27(14-11-17-36-32)30(25-12-10-13-26(22-25)43-5)31(33(40)41)38-34(42)37-29-21-24(23-39-18-8-9-19-39)15-16-28(29)35(2,3)4/h10-17,21-22H,6-9,18-20,23H2,1-5H3,(H2,37,38,42). The van der Waals surface area contributed by atoms with Crippen molar-refractivity contribution in [2.75, 3.05) is 30.8 Å². The second-order valence-corrected chi connectivity index (χ2v) is 12.4. The Balaban J connectivity index is 1.58. The van der Waals surface area contributed by atoms with E-state index in [-0.39, 0.29) is 16.7 Å². The molecule has 2 amide bonds. The maximum atomic E-state index is 14.1. The highest BCUT2D eigenvalue weighted by Gasteiger charge is 2.24. The highest BCUT2D eigenvalue weighted by molar-refractivity contribution is 6.07. The first-order chi connectivity index (χ1) is 20.7. The Labute approximate surface area is 254 Å². The van der Waals surface area contributed by atoms with E-state index in [0.29, 0.717) is 23.5 Å². The van der Waals surface area contributed by atoms with Gasteiger partial charge < -0.3 is 15.4 Å². The number of nitrogens with zero attached hydrogens (tertiary/aromatic N) is 3. The minimum Gasteiger partial charge on any atom is -0.497 e. The van der Waals surface area contributed by atoms with Gasteiger partial charge in [-0.3, -0.25) is 14.3 Å². The second-order valence-electron chi connectivity index (χ2n) is 12.4. The monoisotopic (exact) mass is 581 g/mol. The smallest absolute Gasteiger partial charge is 0.323 e. The Morgan fingerprint density at radius 1 is 1.02 bits per heavy atom. The van der Waals surface area contributed by atoms with Gasteiger partial charge in [-0.1, -0.05) is 58.4 Å². The summed E-state index contributed by atoms with van der Waals surface area (Å²) in [4.78, 5) is 35.0. The number of likely N-dealkylation sites (tertiary alicyclic amines) is 1. The maximum absolute atomic E-state index is 14.1. The van der Waals surface area contributed by atoms with Crippen LogP contribution in [0.3, 0.4) is 0 Å². The predicted molar refractivity (Wildman–Crippen MR) is 175 cm³/mol. The van der Waals surface area contributed by atoms with Gasteiger partial charge in [0.25, 0.3) is 5.56 Å². The first-order valence-corrected chi connectivity index (χ1v) is 15.3. The molecule has 2 aromatic heterocycles. The lowest BCUT2D eigenvalue weighted by Crippen LogP contribution is -2.30. The lowest BCUT2D eigenvalue weighted by molar-refractivity contribution is 0.262. The number of hydrogen-bond acceptors (Lipinski definition) is 5. The van der Waals surface area contributed by atoms with Crippen LogP contribution in [0.2, 0.25) is 0 Å². The molecule has 4 aromatic rings. The van der Waals surface area contributed by atoms with Crippen molar-refractivity contribution >= 4 is 28.4 Å². The molecule has 1 saturated heterocycles. The molecule has 0 unspecified atom stereocenters. The van der Waals surface area contributed by atoms with E-state index in [2.05, 4.69) is 66.4 Å². The van der Waals surface area contributed by atoms with Gasteiger partial charge >= 0.3 is 6.03 Å². The largest absolute Gasteiger partial charge is 0.497 e. The normalized spacial score (nSPS) is 13.8. The molecule has 0 bridgehead atoms. The fourth-order valence-corrected chi connectivity index (χ4v) is 5.91. The van der Waals surface area contributed by atoms with Gasteiger partial charge in [0.05, 0.1) is 7.11 Å². The van der Waals surface area contributed by atoms with Crippen LogP contribution in [0.4, 0.5) is 16.2 Å². The average Bonchev–Trinajstić information content (AvgIpc) is 3.50. The molecule has 1 fully saturated rings. The average molecular weight is 582 g/mol. The fraction of sp³-hybridized carbons (Fsp3) is 0.400. The molecule has 1 aliphatic heterocycles. The van der Waals surface area contributed by atoms with E-state index in [0.717, 1.165) is 60.2 Å². The quantitative estimate of drug-likeness (QED) is 0.215. The number of carbonyl (C=O) groups is 1. The molecule has 0 saturated carbocycles. The zero-order chi connectivity index (χ0) is 30.6. The van der Waals surface area contributed by atoms with Crippen LogP contribution in [0.5, 0.6) is 5.75 Å². The highest BCUT2D eigenvalue weighted by Crippen LogP contribution is 2.35. The number of urea groups is 1. The maximum Gasteiger partial charge on any atom is 0.323 e. The van der Waals surface area contributed by atoms with E-state index in [9.17, 15) is 9.59 Å². The van der Waals surface area contributed by atoms with Crippen molar-refractivity contribution < 1.29 is 9.53 Å². The van der Waals surface area contributed by atoms with Crippen LogP contribution in [0.15, 0.2) is 65.6 Å². The van der Waals surface area contributed by atoms with E-state index in [1.54, 1.807) is 17.9 Å². The predicted octanol–water partition coefficient (Wildman–Crippen LogP) is 7.41. The first kappa shape index (κ1) is 30.3. The number of rotatable bonds is 9. The number of methoxy groups -OCH3 is 1. The van der Waals surface area contributed by atoms with E-state index in [1.807, 2.05) is 36.4 Å². The number of aryl methyl sites for hydroxylation is 1. The number of unbranched alkanes of at least 4 members (excludes halogenated alkanes) is 1. The van der Waals surface area contributed by atoms with Crippen molar-refractivity contribution in [3.8, 4) is 16.9 Å². The third kappa shape index (κ3) is 6.75. The van der Waals surface area contributed by atoms with Crippen LogP contribution >= 0.6 is 0 Å². The van der Waals surface area contributed by atoms with E-state index in [4.69, 9.17) is 4.74 Å². The number of benzene rings is 2. The SMILES string of the molecule is CCCCn1c(=O)c(NC(=O)Nc2cc(CN3CCCC3)ccc2C(C)(C)C)c(-c2cccc(OC)c2)c2cccnc21. The molecule has 0 radical (unpaired) electrons. The Morgan fingerprint density at radius 2 is 1.81 bits per heavy atom. The Morgan fingerprint density at radius 3 is 2.53 bits per heavy atom. The number of amides is 2. The summed E-state index contributed by atoms with van der Waals surface area (Å²) in [6.45, 7) is 12.0. The number of nitrogens with one attached hydrogen (secondary N) is 2. The number of ether oxygens (including phenoxy) is 1. The number of anilines is 2. The third-order valence-electron chi connectivity index (χ3n) is 8.10. The Bertz CT molecular complexity index is 1660. The molecule has 2 N–H and O–H groups in total. The zero-order valence-corrected chi connectivity index (χ0v) is 26.0. The molecule has 43 heavy (non-hydrogen) atoms. The van der Waals surface area contributed by atoms with Crippen molar-refractivity contribution in [3.63, 3.8) is 0 Å². The molecule has 5 rings (SSSR count). The van der Waals surface area contributed by atoms with Crippen LogP contribution in [0.25, 0.3) is 22.2 Å². The summed E-state index contributed by atoms with van der Waals surface area (Å²) in [6.07, 6.45) is 5.88. The van der Waals surface area contributed by atoms with Crippen LogP contribution in [0, 0.1) is 0 Å². The summed E-state index contributed by atoms with van der Waals surface area (Å²) in [5.41, 5.74) is 4.64. The van der Waals surface area contributed by atoms with Gasteiger partial charge in [0, 0.05) is 35.9 Å². The van der Waals surface area contributed by atoms with Crippen molar-refractivity contribution in [1.82, 2.24) is 14.5 Å². The molecular weight excluding hydrogens is 538 g/mol. The van der Waals surface area contributed by atoms with Crippen LogP contribution in [-0.2, 0) is 18.5 Å². The number of aromatic nitrogens is 2. The summed E-state index contributed by atoms with van der Waals surface area (Å²) < 4.78 is 7.17. The lowest BCUT2D eigenvalue weighted by Gasteiger charge is -2.25. The van der Waals surface area contributed by atoms with Gasteiger partial charge in [-0.2, -0.15) is 0 Å². The minimum atomic E-state index is -0.463. The van der Waals surface area contributed by atoms with Crippen LogP contribution in [-0.4, -0.2) is 40.7 Å². The number of fused-ring (bicyclic) bond motifs is 1. The van der Waals surface area contributed by atoms with Gasteiger partial charge in [-0.05, 0) is 84.8 Å². The van der Waals surface area contributed by atoms with Crippen molar-refractivity contribution in [2.24, 2.45) is 0 Å². The number of pyridine rings is 2. The summed E-state index contributed by atoms with van der Waals surface area (Å²) >= 11 is 0. The third-order valence-corrected chi connectivity index (χ3v) is 8.10. The van der Waals surface area contributed by atoms with Gasteiger partial charge in [0.1, 0.15) is 17.1 Å². The van der Waals surface area contributed by atoms with Crippen molar-refractivity contribution in [1.29, 1.82) is 0 Å². The van der Waals surface area contributed by atoms with Gasteiger partial charge in [-0.25, -0.2) is 9.78 Å². The minimum absolute atomic E-state index is 0.192. The van der Waals surface area contributed by atoms with Crippen LogP contribution < -0.4 is 20.9 Å². The van der Waals surface area contributed by atoms with Crippen molar-refractivity contribution in [2.45, 2.75) is 71.9 Å². The highest BCUT2D eigenvalue weighted by atomic mass is 16.5. The van der Waals surface area contributed by atoms with Gasteiger partial charge in [0.2, 0.25) is 0 Å². The summed E-state index contributed by atoms with van der Waals surface area (Å²) in [6, 6.07) is 17.2. The van der Waals surface area contributed by atoms with Crippen molar-refractivity contribution in [3.05, 3.63) is 82.3 Å². The van der Waals surface area contributed by atoms with E-state index >= 15 is 0 Å². The lowest BCUT2D eigenvalue weighted by atomic mass is 9.85. The Hall–Kier alpha value is -4.17. The summed E-state index contributed by atoms with van der Waals surface area (Å²) in [5.74, 6) is 0.657. The molecule has 3 heterocycles. The molecule has 0 aliphatic carbocycles. The molecule has 2 aromatic carbocycles. The molecule has 0 atom stereocenters. The fourth-order valence-electron chi connectivity index (χ4n) is 5.91. The topological polar surface area (TPSA) is 88.5 Å². The Kier molecular flexibility index (Phi) is 9.16. The van der Waals surface area contributed by atoms with E-state index in [1.165, 1.54) is 12.8 Å². The molecule has 226 valence electrons. The van der Waals surface area contributed by atoms with E-state index < -0.39 is 6.03 Å². The molecule has 0 spiro atoms. The molecule has 8 nitrogen and oxygen atoms in total. The van der Waals surface area contributed by atoms with Crippen LogP contribution in [0.1, 0.15) is 64.5 Å². The molecule has 1 aliphatic rings. The van der Waals surface area contributed by atoms with Gasteiger partial charge in [0.15, 0.2) is 0 Å². The zero-order valence-electron chi connectivity index (χ0n) is 26.0. The first-order valence-electron chi connectivity index (χ1n) is 15.3. The second kappa shape index (κ2) is 13.0. The number of carbonyl (C=O) groups excluding carboxylic acids is 1. The number of hydrogen-bond donors (Lipinski definition) is 2. The molecule has 8 heteroatoms.